The molecule has 1 N–H and O–H groups in total. The van der Waals surface area contributed by atoms with Crippen LogP contribution in [0.25, 0.3) is 0 Å². The highest BCUT2D eigenvalue weighted by Gasteiger charge is 2.13. The minimum absolute atomic E-state index is 0.374. The summed E-state index contributed by atoms with van der Waals surface area (Å²) in [6.07, 6.45) is 2.24. The molecule has 1 rings (SSSR count). The number of nitrogens with one attached hydrogen (secondary N) is 1. The van der Waals surface area contributed by atoms with E-state index in [9.17, 15) is 0 Å². The van der Waals surface area contributed by atoms with Gasteiger partial charge in [0.05, 0.1) is 19.8 Å². The van der Waals surface area contributed by atoms with Gasteiger partial charge in [-0.2, -0.15) is 5.26 Å². The van der Waals surface area contributed by atoms with Gasteiger partial charge in [-0.1, -0.05) is 25.4 Å². The van der Waals surface area contributed by atoms with Crippen LogP contribution >= 0.6 is 11.6 Å². The van der Waals surface area contributed by atoms with Crippen LogP contribution in [0.15, 0.2) is 12.1 Å². The molecule has 0 aliphatic heterocycles. The van der Waals surface area contributed by atoms with Crippen molar-refractivity contribution in [3.63, 3.8) is 0 Å². The summed E-state index contributed by atoms with van der Waals surface area (Å²) in [5, 5.41) is 12.5. The van der Waals surface area contributed by atoms with E-state index in [1.165, 1.54) is 0 Å². The predicted octanol–water partition coefficient (Wildman–Crippen LogP) is 3.92. The van der Waals surface area contributed by atoms with Crippen molar-refractivity contribution in [3.05, 3.63) is 22.7 Å². The SMILES string of the molecule is COc1cc(Cl)cc(CNC(C)C)c1OCCCCC#N. The summed E-state index contributed by atoms with van der Waals surface area (Å²) in [6.45, 7) is 5.41. The van der Waals surface area contributed by atoms with Gasteiger partial charge in [0.15, 0.2) is 11.5 Å². The van der Waals surface area contributed by atoms with Gasteiger partial charge in [0, 0.05) is 35.7 Å². The third-order valence-corrected chi connectivity index (χ3v) is 3.16. The lowest BCUT2D eigenvalue weighted by Gasteiger charge is -2.17. The molecule has 0 aliphatic carbocycles. The second-order valence-electron chi connectivity index (χ2n) is 5.10. The van der Waals surface area contributed by atoms with E-state index in [4.69, 9.17) is 26.3 Å². The Morgan fingerprint density at radius 2 is 2.10 bits per heavy atom. The van der Waals surface area contributed by atoms with Gasteiger partial charge in [-0.25, -0.2) is 0 Å². The van der Waals surface area contributed by atoms with Crippen LogP contribution in [0.2, 0.25) is 5.02 Å². The quantitative estimate of drug-likeness (QED) is 0.702. The van der Waals surface area contributed by atoms with Gasteiger partial charge in [-0.15, -0.1) is 0 Å². The first-order chi connectivity index (χ1) is 10.1. The summed E-state index contributed by atoms with van der Waals surface area (Å²) >= 11 is 6.12. The predicted molar refractivity (Wildman–Crippen MR) is 84.9 cm³/mol. The fraction of sp³-hybridized carbons (Fsp3) is 0.562. The van der Waals surface area contributed by atoms with Gasteiger partial charge < -0.3 is 14.8 Å². The van der Waals surface area contributed by atoms with Crippen LogP contribution in [0.5, 0.6) is 11.5 Å². The highest BCUT2D eigenvalue weighted by Crippen LogP contribution is 2.35. The minimum atomic E-state index is 0.374. The zero-order valence-electron chi connectivity index (χ0n) is 12.9. The van der Waals surface area contributed by atoms with Crippen LogP contribution in [-0.2, 0) is 6.54 Å². The lowest BCUT2D eigenvalue weighted by atomic mass is 10.1. The monoisotopic (exact) mass is 310 g/mol. The summed E-state index contributed by atoms with van der Waals surface area (Å²) in [5.41, 5.74) is 0.980. The third kappa shape index (κ3) is 6.24. The van der Waals surface area contributed by atoms with E-state index in [1.54, 1.807) is 13.2 Å². The number of methoxy groups -OCH3 is 1. The largest absolute Gasteiger partial charge is 0.493 e. The molecule has 0 saturated heterocycles. The Morgan fingerprint density at radius 1 is 1.33 bits per heavy atom. The molecule has 0 aromatic heterocycles. The molecule has 0 heterocycles. The molecule has 5 heteroatoms. The lowest BCUT2D eigenvalue weighted by molar-refractivity contribution is 0.283. The molecule has 0 aliphatic rings. The van der Waals surface area contributed by atoms with E-state index in [-0.39, 0.29) is 0 Å². The van der Waals surface area contributed by atoms with Crippen LogP contribution in [0.4, 0.5) is 0 Å². The van der Waals surface area contributed by atoms with Crippen LogP contribution in [0, 0.1) is 11.3 Å². The van der Waals surface area contributed by atoms with Crippen molar-refractivity contribution in [2.24, 2.45) is 0 Å². The second kappa shape index (κ2) is 9.49. The summed E-state index contributed by atoms with van der Waals surface area (Å²) in [7, 11) is 1.61. The molecule has 0 unspecified atom stereocenters. The second-order valence-corrected chi connectivity index (χ2v) is 5.53. The Bertz CT molecular complexity index is 484. The Kier molecular flexibility index (Phi) is 7.96. The van der Waals surface area contributed by atoms with Crippen LogP contribution in [-0.4, -0.2) is 19.8 Å². The van der Waals surface area contributed by atoms with Crippen LogP contribution in [0.3, 0.4) is 0 Å². The molecule has 0 spiro atoms. The van der Waals surface area contributed by atoms with Crippen molar-refractivity contribution in [1.29, 1.82) is 5.26 Å². The van der Waals surface area contributed by atoms with Crippen molar-refractivity contribution < 1.29 is 9.47 Å². The molecule has 0 saturated carbocycles. The van der Waals surface area contributed by atoms with E-state index in [1.807, 2.05) is 6.07 Å². The number of nitriles is 1. The van der Waals surface area contributed by atoms with Crippen molar-refractivity contribution >= 4 is 11.6 Å². The number of benzene rings is 1. The number of rotatable bonds is 9. The first-order valence-electron chi connectivity index (χ1n) is 7.18. The highest BCUT2D eigenvalue weighted by molar-refractivity contribution is 6.30. The van der Waals surface area contributed by atoms with E-state index < -0.39 is 0 Å². The number of hydrogen-bond acceptors (Lipinski definition) is 4. The normalized spacial score (nSPS) is 10.5. The van der Waals surface area contributed by atoms with Gasteiger partial charge in [0.1, 0.15) is 0 Å². The fourth-order valence-corrected chi connectivity index (χ4v) is 2.09. The van der Waals surface area contributed by atoms with Crippen molar-refractivity contribution in [2.75, 3.05) is 13.7 Å². The molecule has 0 radical (unpaired) electrons. The molecule has 0 amide bonds. The van der Waals surface area contributed by atoms with E-state index in [2.05, 4.69) is 25.2 Å². The van der Waals surface area contributed by atoms with Gasteiger partial charge in [0.2, 0.25) is 0 Å². The zero-order chi connectivity index (χ0) is 15.7. The molecule has 4 nitrogen and oxygen atoms in total. The molecule has 0 bridgehead atoms. The van der Waals surface area contributed by atoms with Gasteiger partial charge in [-0.05, 0) is 18.9 Å². The molecule has 21 heavy (non-hydrogen) atoms. The van der Waals surface area contributed by atoms with Crippen molar-refractivity contribution in [2.45, 2.75) is 45.7 Å². The maximum Gasteiger partial charge on any atom is 0.165 e. The molecule has 0 atom stereocenters. The molecular weight excluding hydrogens is 288 g/mol. The first-order valence-corrected chi connectivity index (χ1v) is 7.55. The van der Waals surface area contributed by atoms with Gasteiger partial charge in [-0.3, -0.25) is 0 Å². The van der Waals surface area contributed by atoms with Crippen LogP contribution < -0.4 is 14.8 Å². The number of halogens is 1. The number of ether oxygens (including phenoxy) is 2. The molecule has 0 fully saturated rings. The highest BCUT2D eigenvalue weighted by atomic mass is 35.5. The molecule has 1 aromatic carbocycles. The fourth-order valence-electron chi connectivity index (χ4n) is 1.86. The zero-order valence-corrected chi connectivity index (χ0v) is 13.7. The summed E-state index contributed by atoms with van der Waals surface area (Å²) in [4.78, 5) is 0. The lowest BCUT2D eigenvalue weighted by Crippen LogP contribution is -2.22. The first kappa shape index (κ1) is 17.6. The van der Waals surface area contributed by atoms with E-state index >= 15 is 0 Å². The molecular formula is C16H23ClN2O2. The average Bonchev–Trinajstić information content (AvgIpc) is 2.45. The summed E-state index contributed by atoms with van der Waals surface area (Å²) < 4.78 is 11.2. The smallest absolute Gasteiger partial charge is 0.165 e. The van der Waals surface area contributed by atoms with E-state index in [0.29, 0.717) is 36.4 Å². The number of unbranched alkanes of at least 4 members (excludes halogenated alkanes) is 2. The van der Waals surface area contributed by atoms with Gasteiger partial charge in [0.25, 0.3) is 0 Å². The molecule has 1 aromatic rings. The maximum absolute atomic E-state index is 8.53. The maximum atomic E-state index is 8.53. The Labute approximate surface area is 132 Å². The van der Waals surface area contributed by atoms with E-state index in [0.717, 1.165) is 24.2 Å². The van der Waals surface area contributed by atoms with Gasteiger partial charge >= 0.3 is 0 Å². The summed E-state index contributed by atoms with van der Waals surface area (Å²) in [5.74, 6) is 1.37. The van der Waals surface area contributed by atoms with Crippen molar-refractivity contribution in [3.8, 4) is 17.6 Å². The van der Waals surface area contributed by atoms with Crippen LogP contribution in [0.1, 0.15) is 38.7 Å². The summed E-state index contributed by atoms with van der Waals surface area (Å²) in [6, 6.07) is 6.15. The standard InChI is InChI=1S/C16H23ClN2O2/c1-12(2)19-11-13-9-14(17)10-15(20-3)16(13)21-8-6-4-5-7-18/h9-10,12,19H,4-6,8,11H2,1-3H3. The topological polar surface area (TPSA) is 54.3 Å². The van der Waals surface area contributed by atoms with Crippen molar-refractivity contribution in [1.82, 2.24) is 5.32 Å². The Hall–Kier alpha value is -1.44. The number of hydrogen-bond donors (Lipinski definition) is 1. The third-order valence-electron chi connectivity index (χ3n) is 2.95. The molecule has 116 valence electrons. The minimum Gasteiger partial charge on any atom is -0.493 e. The Balaban J connectivity index is 2.79. The number of nitrogens with zero attached hydrogens (tertiary/aromatic N) is 1. The Morgan fingerprint density at radius 3 is 2.71 bits per heavy atom. The average molecular weight is 311 g/mol.